The predicted octanol–water partition coefficient (Wildman–Crippen LogP) is 2.19. The lowest BCUT2D eigenvalue weighted by atomic mass is 10.1. The lowest BCUT2D eigenvalue weighted by molar-refractivity contribution is -0.130. The van der Waals surface area contributed by atoms with E-state index < -0.39 is 0 Å². The molecule has 0 aliphatic carbocycles. The molecule has 0 bridgehead atoms. The summed E-state index contributed by atoms with van der Waals surface area (Å²) < 4.78 is 0. The van der Waals surface area contributed by atoms with Gasteiger partial charge < -0.3 is 15.1 Å². The molecule has 0 saturated carbocycles. The number of rotatable bonds is 5. The Bertz CT molecular complexity index is 468. The number of benzene rings is 1. The molecule has 110 valence electrons. The third-order valence-corrected chi connectivity index (χ3v) is 3.06. The maximum Gasteiger partial charge on any atom is 0.321 e. The summed E-state index contributed by atoms with van der Waals surface area (Å²) in [6.07, 6.45) is 0.355. The van der Waals surface area contributed by atoms with E-state index >= 15 is 0 Å². The average molecular weight is 277 g/mol. The minimum Gasteiger partial charge on any atom is -0.343 e. The van der Waals surface area contributed by atoms with Crippen LogP contribution in [0.3, 0.4) is 0 Å². The number of likely N-dealkylation sites (N-methyl/N-ethyl adjacent to an activating group) is 1. The van der Waals surface area contributed by atoms with Crippen LogP contribution in [-0.2, 0) is 11.2 Å². The molecule has 1 N–H and O–H groups in total. The molecule has 0 radical (unpaired) electrons. The zero-order valence-corrected chi connectivity index (χ0v) is 12.6. The van der Waals surface area contributed by atoms with Crippen LogP contribution in [0.25, 0.3) is 0 Å². The largest absolute Gasteiger partial charge is 0.343 e. The van der Waals surface area contributed by atoms with Crippen LogP contribution in [-0.4, -0.2) is 48.9 Å². The predicted molar refractivity (Wildman–Crippen MR) is 80.8 cm³/mol. The van der Waals surface area contributed by atoms with E-state index in [0.29, 0.717) is 25.2 Å². The Kier molecular flexibility index (Phi) is 6.03. The lowest BCUT2D eigenvalue weighted by Crippen LogP contribution is -2.31. The second-order valence-electron chi connectivity index (χ2n) is 4.77. The third kappa shape index (κ3) is 4.57. The molecule has 3 amide bonds. The molecule has 0 atom stereocenters. The van der Waals surface area contributed by atoms with E-state index in [4.69, 9.17) is 0 Å². The minimum absolute atomic E-state index is 0.103. The van der Waals surface area contributed by atoms with Gasteiger partial charge in [0.1, 0.15) is 0 Å². The van der Waals surface area contributed by atoms with Crippen molar-refractivity contribution in [1.82, 2.24) is 9.80 Å². The summed E-state index contributed by atoms with van der Waals surface area (Å²) in [6, 6.07) is 7.20. The summed E-state index contributed by atoms with van der Waals surface area (Å²) in [7, 11) is 3.37. The molecule has 0 heterocycles. The van der Waals surface area contributed by atoms with Crippen molar-refractivity contribution in [2.24, 2.45) is 0 Å². The smallest absolute Gasteiger partial charge is 0.321 e. The second kappa shape index (κ2) is 7.53. The van der Waals surface area contributed by atoms with Crippen molar-refractivity contribution in [3.63, 3.8) is 0 Å². The van der Waals surface area contributed by atoms with Crippen LogP contribution in [0, 0.1) is 0 Å². The first-order valence-electron chi connectivity index (χ1n) is 6.83. The van der Waals surface area contributed by atoms with E-state index in [1.165, 1.54) is 4.90 Å². The molecule has 0 aliphatic heterocycles. The highest BCUT2D eigenvalue weighted by Crippen LogP contribution is 2.12. The normalized spacial score (nSPS) is 10.0. The van der Waals surface area contributed by atoms with Gasteiger partial charge in [-0.2, -0.15) is 0 Å². The van der Waals surface area contributed by atoms with Crippen LogP contribution in [0.2, 0.25) is 0 Å². The molecule has 0 aromatic heterocycles. The van der Waals surface area contributed by atoms with Gasteiger partial charge in [0.2, 0.25) is 5.91 Å². The van der Waals surface area contributed by atoms with Gasteiger partial charge in [0.15, 0.2) is 0 Å². The summed E-state index contributed by atoms with van der Waals surface area (Å²) in [4.78, 5) is 26.9. The van der Waals surface area contributed by atoms with Crippen LogP contribution < -0.4 is 5.32 Å². The van der Waals surface area contributed by atoms with Crippen molar-refractivity contribution in [3.8, 4) is 0 Å². The van der Waals surface area contributed by atoms with E-state index in [0.717, 1.165) is 5.56 Å². The van der Waals surface area contributed by atoms with Crippen LogP contribution >= 0.6 is 0 Å². The number of hydrogen-bond acceptors (Lipinski definition) is 2. The number of anilines is 1. The number of carbonyl (C=O) groups is 2. The average Bonchev–Trinajstić information content (AvgIpc) is 2.40. The van der Waals surface area contributed by atoms with Gasteiger partial charge in [0, 0.05) is 32.9 Å². The zero-order chi connectivity index (χ0) is 15.1. The highest BCUT2D eigenvalue weighted by molar-refractivity contribution is 5.89. The van der Waals surface area contributed by atoms with Gasteiger partial charge in [0.05, 0.1) is 6.42 Å². The van der Waals surface area contributed by atoms with E-state index in [9.17, 15) is 9.59 Å². The highest BCUT2D eigenvalue weighted by Gasteiger charge is 2.11. The van der Waals surface area contributed by atoms with Crippen molar-refractivity contribution in [2.75, 3.05) is 32.5 Å². The Balaban J connectivity index is 2.73. The quantitative estimate of drug-likeness (QED) is 0.897. The third-order valence-electron chi connectivity index (χ3n) is 3.06. The summed E-state index contributed by atoms with van der Waals surface area (Å²) >= 11 is 0. The van der Waals surface area contributed by atoms with Gasteiger partial charge in [-0.1, -0.05) is 12.1 Å². The Hall–Kier alpha value is -2.04. The first-order chi connectivity index (χ1) is 9.47. The van der Waals surface area contributed by atoms with Gasteiger partial charge in [-0.25, -0.2) is 4.79 Å². The fraction of sp³-hybridized carbons (Fsp3) is 0.467. The van der Waals surface area contributed by atoms with E-state index in [1.807, 2.05) is 38.1 Å². The standard InChI is InChI=1S/C15H23N3O2/c1-5-18(6-2)14(19)11-12-8-7-9-13(10-12)16-15(20)17(3)4/h7-10H,5-6,11H2,1-4H3,(H,16,20). The topological polar surface area (TPSA) is 52.7 Å². The Morgan fingerprint density at radius 1 is 1.15 bits per heavy atom. The molecule has 5 heteroatoms. The first-order valence-corrected chi connectivity index (χ1v) is 6.83. The Morgan fingerprint density at radius 3 is 2.35 bits per heavy atom. The number of nitrogens with one attached hydrogen (secondary N) is 1. The van der Waals surface area contributed by atoms with E-state index in [-0.39, 0.29) is 11.9 Å². The van der Waals surface area contributed by atoms with E-state index in [1.54, 1.807) is 19.0 Å². The highest BCUT2D eigenvalue weighted by atomic mass is 16.2. The summed E-state index contributed by atoms with van der Waals surface area (Å²) in [5.74, 6) is 0.103. The van der Waals surface area contributed by atoms with Gasteiger partial charge in [-0.15, -0.1) is 0 Å². The molecule has 0 spiro atoms. The fourth-order valence-corrected chi connectivity index (χ4v) is 1.86. The van der Waals surface area contributed by atoms with Crippen molar-refractivity contribution >= 4 is 17.6 Å². The second-order valence-corrected chi connectivity index (χ2v) is 4.77. The molecule has 20 heavy (non-hydrogen) atoms. The molecule has 0 aliphatic rings. The van der Waals surface area contributed by atoms with Gasteiger partial charge in [0.25, 0.3) is 0 Å². The summed E-state index contributed by atoms with van der Waals surface area (Å²) in [6.45, 7) is 5.36. The molecule has 1 aromatic carbocycles. The molecule has 1 rings (SSSR count). The number of carbonyl (C=O) groups excluding carboxylic acids is 2. The Morgan fingerprint density at radius 2 is 1.80 bits per heavy atom. The van der Waals surface area contributed by atoms with Crippen LogP contribution in [0.4, 0.5) is 10.5 Å². The lowest BCUT2D eigenvalue weighted by Gasteiger charge is -2.19. The molecule has 0 unspecified atom stereocenters. The fourth-order valence-electron chi connectivity index (χ4n) is 1.86. The number of amides is 3. The van der Waals surface area contributed by atoms with Gasteiger partial charge in [-0.3, -0.25) is 4.79 Å². The monoisotopic (exact) mass is 277 g/mol. The number of nitrogens with zero attached hydrogens (tertiary/aromatic N) is 2. The zero-order valence-electron chi connectivity index (χ0n) is 12.6. The van der Waals surface area contributed by atoms with Crippen LogP contribution in [0.15, 0.2) is 24.3 Å². The van der Waals surface area contributed by atoms with Crippen LogP contribution in [0.5, 0.6) is 0 Å². The minimum atomic E-state index is -0.183. The van der Waals surface area contributed by atoms with E-state index in [2.05, 4.69) is 5.32 Å². The summed E-state index contributed by atoms with van der Waals surface area (Å²) in [5.41, 5.74) is 1.60. The van der Waals surface area contributed by atoms with Crippen molar-refractivity contribution in [2.45, 2.75) is 20.3 Å². The van der Waals surface area contributed by atoms with Crippen molar-refractivity contribution in [3.05, 3.63) is 29.8 Å². The molecule has 5 nitrogen and oxygen atoms in total. The molecule has 0 fully saturated rings. The number of hydrogen-bond donors (Lipinski definition) is 1. The van der Waals surface area contributed by atoms with Crippen LogP contribution in [0.1, 0.15) is 19.4 Å². The molecule has 1 aromatic rings. The maximum absolute atomic E-state index is 12.0. The van der Waals surface area contributed by atoms with Crippen molar-refractivity contribution < 1.29 is 9.59 Å². The molecular formula is C15H23N3O2. The van der Waals surface area contributed by atoms with Crippen molar-refractivity contribution in [1.29, 1.82) is 0 Å². The number of urea groups is 1. The van der Waals surface area contributed by atoms with Gasteiger partial charge >= 0.3 is 6.03 Å². The molecule has 0 saturated heterocycles. The Labute approximate surface area is 120 Å². The first kappa shape index (κ1) is 16.0. The van der Waals surface area contributed by atoms with Gasteiger partial charge in [-0.05, 0) is 31.5 Å². The summed E-state index contributed by atoms with van der Waals surface area (Å²) in [5, 5.41) is 2.77. The SMILES string of the molecule is CCN(CC)C(=O)Cc1cccc(NC(=O)N(C)C)c1. The molecular weight excluding hydrogens is 254 g/mol. The maximum atomic E-state index is 12.0.